The smallest absolute Gasteiger partial charge is 0.148 e. The van der Waals surface area contributed by atoms with Crippen LogP contribution in [0.1, 0.15) is 24.5 Å². The normalized spacial score (nSPS) is 24.7. The fraction of sp³-hybridized carbons (Fsp3) is 0.368. The maximum Gasteiger partial charge on any atom is 0.148 e. The Balaban J connectivity index is 0.000000238. The van der Waals surface area contributed by atoms with E-state index in [1.165, 1.54) is 6.07 Å². The van der Waals surface area contributed by atoms with Crippen LogP contribution in [-0.2, 0) is 4.74 Å². The Kier molecular flexibility index (Phi) is 5.72. The van der Waals surface area contributed by atoms with Crippen molar-refractivity contribution < 1.29 is 9.13 Å². The zero-order valence-corrected chi connectivity index (χ0v) is 14.2. The van der Waals surface area contributed by atoms with Crippen molar-refractivity contribution in [2.24, 2.45) is 11.7 Å². The lowest BCUT2D eigenvalue weighted by molar-refractivity contribution is -0.0796. The molecule has 24 heavy (non-hydrogen) atoms. The van der Waals surface area contributed by atoms with E-state index in [9.17, 15) is 4.39 Å². The van der Waals surface area contributed by atoms with Gasteiger partial charge in [-0.15, -0.1) is 0 Å². The summed E-state index contributed by atoms with van der Waals surface area (Å²) in [6.07, 6.45) is 2.00. The molecule has 0 aromatic heterocycles. The highest BCUT2D eigenvalue weighted by Crippen LogP contribution is 2.44. The molecule has 0 amide bonds. The molecule has 128 valence electrons. The van der Waals surface area contributed by atoms with Crippen molar-refractivity contribution in [2.75, 3.05) is 18.4 Å². The maximum atomic E-state index is 13.8. The van der Waals surface area contributed by atoms with E-state index < -0.39 is 0 Å². The van der Waals surface area contributed by atoms with Gasteiger partial charge in [0.15, 0.2) is 0 Å². The summed E-state index contributed by atoms with van der Waals surface area (Å²) in [6.45, 7) is 1.25. The number of hydrogen-bond donors (Lipinski definition) is 2. The average molecular weight is 349 g/mol. The molecule has 0 aliphatic carbocycles. The maximum absolute atomic E-state index is 13.8. The second-order valence-corrected chi connectivity index (χ2v) is 6.58. The second-order valence-electron chi connectivity index (χ2n) is 6.14. The largest absolute Gasteiger partial charge is 0.382 e. The van der Waals surface area contributed by atoms with E-state index >= 15 is 0 Å². The molecule has 5 heteroatoms. The van der Waals surface area contributed by atoms with Crippen LogP contribution >= 0.6 is 11.6 Å². The molecule has 4 rings (SSSR count). The fourth-order valence-electron chi connectivity index (χ4n) is 3.27. The van der Waals surface area contributed by atoms with Gasteiger partial charge in [-0.3, -0.25) is 0 Å². The SMILES string of the molecule is NCC1CCC2CNc3c(F)cc(Cl)cc3C2O1.c1ccccc1. The van der Waals surface area contributed by atoms with Gasteiger partial charge in [-0.05, 0) is 25.0 Å². The topological polar surface area (TPSA) is 47.3 Å². The van der Waals surface area contributed by atoms with Crippen LogP contribution in [0.2, 0.25) is 5.02 Å². The van der Waals surface area contributed by atoms with Crippen LogP contribution in [0, 0.1) is 11.7 Å². The van der Waals surface area contributed by atoms with Gasteiger partial charge in [0.2, 0.25) is 0 Å². The lowest BCUT2D eigenvalue weighted by Gasteiger charge is -2.40. The Labute approximate surface area is 147 Å². The number of anilines is 1. The predicted octanol–water partition coefficient (Wildman–Crippen LogP) is 4.39. The van der Waals surface area contributed by atoms with Crippen molar-refractivity contribution >= 4 is 17.3 Å². The Morgan fingerprint density at radius 2 is 1.79 bits per heavy atom. The highest BCUT2D eigenvalue weighted by Gasteiger charge is 2.37. The van der Waals surface area contributed by atoms with Crippen molar-refractivity contribution in [1.29, 1.82) is 0 Å². The third-order valence-electron chi connectivity index (χ3n) is 4.49. The molecule has 3 N–H and O–H groups in total. The fourth-order valence-corrected chi connectivity index (χ4v) is 3.48. The Bertz CT molecular complexity index is 641. The van der Waals surface area contributed by atoms with Crippen LogP contribution in [0.5, 0.6) is 0 Å². The average Bonchev–Trinajstić information content (AvgIpc) is 2.63. The van der Waals surface area contributed by atoms with Crippen molar-refractivity contribution in [2.45, 2.75) is 25.0 Å². The molecular formula is C19H22ClFN2O. The van der Waals surface area contributed by atoms with Gasteiger partial charge in [0.05, 0.1) is 17.9 Å². The molecule has 0 bridgehead atoms. The van der Waals surface area contributed by atoms with Gasteiger partial charge in [-0.2, -0.15) is 0 Å². The molecule has 2 aliphatic rings. The highest BCUT2D eigenvalue weighted by molar-refractivity contribution is 6.30. The molecule has 3 nitrogen and oxygen atoms in total. The molecule has 0 saturated carbocycles. The molecule has 2 aromatic rings. The highest BCUT2D eigenvalue weighted by atomic mass is 35.5. The van der Waals surface area contributed by atoms with Gasteiger partial charge < -0.3 is 15.8 Å². The Hall–Kier alpha value is -1.62. The molecule has 0 spiro atoms. The first-order valence-corrected chi connectivity index (χ1v) is 8.65. The molecule has 3 atom stereocenters. The minimum absolute atomic E-state index is 0.0687. The van der Waals surface area contributed by atoms with E-state index in [1.807, 2.05) is 36.4 Å². The van der Waals surface area contributed by atoms with E-state index in [-0.39, 0.29) is 18.0 Å². The van der Waals surface area contributed by atoms with Gasteiger partial charge in [0.25, 0.3) is 0 Å². The summed E-state index contributed by atoms with van der Waals surface area (Å²) < 4.78 is 19.8. The first-order valence-electron chi connectivity index (χ1n) is 8.27. The van der Waals surface area contributed by atoms with Crippen LogP contribution in [-0.4, -0.2) is 19.2 Å². The molecule has 3 unspecified atom stereocenters. The van der Waals surface area contributed by atoms with Crippen molar-refractivity contribution in [1.82, 2.24) is 0 Å². The van der Waals surface area contributed by atoms with E-state index in [0.717, 1.165) is 24.9 Å². The van der Waals surface area contributed by atoms with Crippen LogP contribution in [0.15, 0.2) is 48.5 Å². The number of benzene rings is 2. The number of nitrogens with two attached hydrogens (primary N) is 1. The minimum atomic E-state index is -0.311. The first-order chi connectivity index (χ1) is 11.7. The van der Waals surface area contributed by atoms with Gasteiger partial charge >= 0.3 is 0 Å². The lowest BCUT2D eigenvalue weighted by Crippen LogP contribution is -2.39. The third-order valence-corrected chi connectivity index (χ3v) is 4.71. The van der Waals surface area contributed by atoms with E-state index in [2.05, 4.69) is 5.32 Å². The second kappa shape index (κ2) is 7.97. The summed E-state index contributed by atoms with van der Waals surface area (Å²) in [7, 11) is 0. The van der Waals surface area contributed by atoms with E-state index in [4.69, 9.17) is 22.1 Å². The van der Waals surface area contributed by atoms with Crippen molar-refractivity contribution in [3.05, 3.63) is 64.9 Å². The molecule has 2 heterocycles. The number of ether oxygens (including phenoxy) is 1. The Morgan fingerprint density at radius 1 is 1.12 bits per heavy atom. The zero-order valence-electron chi connectivity index (χ0n) is 13.4. The van der Waals surface area contributed by atoms with Crippen LogP contribution in [0.4, 0.5) is 10.1 Å². The number of fused-ring (bicyclic) bond motifs is 3. The van der Waals surface area contributed by atoms with Gasteiger partial charge in [-0.25, -0.2) is 4.39 Å². The third kappa shape index (κ3) is 3.89. The lowest BCUT2D eigenvalue weighted by atomic mass is 9.84. The first kappa shape index (κ1) is 17.2. The number of hydrogen-bond acceptors (Lipinski definition) is 3. The monoisotopic (exact) mass is 348 g/mol. The van der Waals surface area contributed by atoms with Crippen molar-refractivity contribution in [3.63, 3.8) is 0 Å². The quantitative estimate of drug-likeness (QED) is 0.803. The Morgan fingerprint density at radius 3 is 2.42 bits per heavy atom. The van der Waals surface area contributed by atoms with E-state index in [1.54, 1.807) is 6.07 Å². The van der Waals surface area contributed by atoms with Gasteiger partial charge in [0, 0.05) is 29.6 Å². The number of halogens is 2. The summed E-state index contributed by atoms with van der Waals surface area (Å²) in [5.41, 5.74) is 7.02. The zero-order chi connectivity index (χ0) is 16.9. The molecule has 0 radical (unpaired) electrons. The van der Waals surface area contributed by atoms with E-state index in [0.29, 0.717) is 23.2 Å². The summed E-state index contributed by atoms with van der Waals surface area (Å²) in [5, 5.41) is 3.55. The molecule has 2 aromatic carbocycles. The summed E-state index contributed by atoms with van der Waals surface area (Å²) in [5.74, 6) is 0.0626. The summed E-state index contributed by atoms with van der Waals surface area (Å²) in [6, 6.07) is 15.1. The van der Waals surface area contributed by atoms with Gasteiger partial charge in [-0.1, -0.05) is 48.0 Å². The van der Waals surface area contributed by atoms with Crippen molar-refractivity contribution in [3.8, 4) is 0 Å². The number of rotatable bonds is 1. The molecule has 1 saturated heterocycles. The number of nitrogens with one attached hydrogen (secondary N) is 1. The van der Waals surface area contributed by atoms with Crippen LogP contribution in [0.25, 0.3) is 0 Å². The molecular weight excluding hydrogens is 327 g/mol. The summed E-state index contributed by atoms with van der Waals surface area (Å²) >= 11 is 5.94. The van der Waals surface area contributed by atoms with Gasteiger partial charge in [0.1, 0.15) is 5.82 Å². The van der Waals surface area contributed by atoms with Crippen LogP contribution < -0.4 is 11.1 Å². The molecule has 2 aliphatic heterocycles. The van der Waals surface area contributed by atoms with Crippen LogP contribution in [0.3, 0.4) is 0 Å². The summed E-state index contributed by atoms with van der Waals surface area (Å²) in [4.78, 5) is 0. The minimum Gasteiger partial charge on any atom is -0.382 e. The predicted molar refractivity (Wildman–Crippen MR) is 95.7 cm³/mol. The standard InChI is InChI=1S/C13H16ClFN2O.C6H6/c14-8-3-10-12(11(15)4-8)17-6-7-1-2-9(5-16)18-13(7)10;1-2-4-6-5-3-1/h3-4,7,9,13,17H,1-2,5-6,16H2;1-6H. The molecule has 1 fully saturated rings.